The SMILES string of the molecule is Cc1cccc(CNc2snc3ccccc23)n1. The summed E-state index contributed by atoms with van der Waals surface area (Å²) in [6, 6.07) is 14.2. The number of fused-ring (bicyclic) bond motifs is 1. The Hall–Kier alpha value is -1.94. The summed E-state index contributed by atoms with van der Waals surface area (Å²) in [4.78, 5) is 4.47. The van der Waals surface area contributed by atoms with Gasteiger partial charge in [-0.05, 0) is 42.7 Å². The molecule has 0 fully saturated rings. The van der Waals surface area contributed by atoms with E-state index in [4.69, 9.17) is 0 Å². The van der Waals surface area contributed by atoms with Gasteiger partial charge < -0.3 is 5.32 Å². The molecular formula is C14H13N3S. The van der Waals surface area contributed by atoms with Gasteiger partial charge in [-0.2, -0.15) is 4.37 Å². The summed E-state index contributed by atoms with van der Waals surface area (Å²) < 4.78 is 4.41. The number of hydrogen-bond acceptors (Lipinski definition) is 4. The molecule has 2 aromatic heterocycles. The smallest absolute Gasteiger partial charge is 0.117 e. The largest absolute Gasteiger partial charge is 0.370 e. The lowest BCUT2D eigenvalue weighted by atomic mass is 10.2. The van der Waals surface area contributed by atoms with Crippen LogP contribution in [0.3, 0.4) is 0 Å². The van der Waals surface area contributed by atoms with Crippen molar-refractivity contribution in [3.8, 4) is 0 Å². The van der Waals surface area contributed by atoms with Crippen molar-refractivity contribution in [3.05, 3.63) is 53.9 Å². The number of aromatic nitrogens is 2. The van der Waals surface area contributed by atoms with Crippen LogP contribution in [-0.4, -0.2) is 9.36 Å². The topological polar surface area (TPSA) is 37.8 Å². The molecule has 0 saturated carbocycles. The van der Waals surface area contributed by atoms with Crippen LogP contribution in [0.2, 0.25) is 0 Å². The zero-order chi connectivity index (χ0) is 12.4. The summed E-state index contributed by atoms with van der Waals surface area (Å²) in [5.41, 5.74) is 3.14. The van der Waals surface area contributed by atoms with E-state index in [2.05, 4.69) is 20.7 Å². The molecule has 3 nitrogen and oxygen atoms in total. The first-order valence-corrected chi connectivity index (χ1v) is 6.61. The Labute approximate surface area is 110 Å². The van der Waals surface area contributed by atoms with Crippen molar-refractivity contribution < 1.29 is 0 Å². The van der Waals surface area contributed by atoms with Crippen LogP contribution in [0.4, 0.5) is 5.00 Å². The molecule has 0 atom stereocenters. The summed E-state index contributed by atoms with van der Waals surface area (Å²) in [7, 11) is 0. The van der Waals surface area contributed by atoms with Gasteiger partial charge in [0.2, 0.25) is 0 Å². The van der Waals surface area contributed by atoms with E-state index >= 15 is 0 Å². The maximum absolute atomic E-state index is 4.47. The fourth-order valence-electron chi connectivity index (χ4n) is 1.89. The molecule has 3 aromatic rings. The predicted octanol–water partition coefficient (Wildman–Crippen LogP) is 3.61. The normalized spacial score (nSPS) is 10.7. The van der Waals surface area contributed by atoms with Crippen LogP contribution < -0.4 is 5.32 Å². The molecule has 0 aliphatic carbocycles. The van der Waals surface area contributed by atoms with Crippen molar-refractivity contribution in [1.82, 2.24) is 9.36 Å². The van der Waals surface area contributed by atoms with Gasteiger partial charge in [0.25, 0.3) is 0 Å². The standard InChI is InChI=1S/C14H13N3S/c1-10-5-4-6-11(16-10)9-15-14-12-7-2-3-8-13(12)17-18-14/h2-8,15H,9H2,1H3. The molecule has 0 aliphatic rings. The quantitative estimate of drug-likeness (QED) is 0.777. The van der Waals surface area contributed by atoms with Gasteiger partial charge in [-0.25, -0.2) is 0 Å². The van der Waals surface area contributed by atoms with Gasteiger partial charge in [-0.1, -0.05) is 18.2 Å². The lowest BCUT2D eigenvalue weighted by Crippen LogP contribution is -2.00. The van der Waals surface area contributed by atoms with Crippen molar-refractivity contribution in [2.45, 2.75) is 13.5 Å². The molecule has 18 heavy (non-hydrogen) atoms. The molecule has 3 rings (SSSR count). The van der Waals surface area contributed by atoms with Crippen molar-refractivity contribution in [2.24, 2.45) is 0 Å². The van der Waals surface area contributed by atoms with Crippen molar-refractivity contribution in [1.29, 1.82) is 0 Å². The first-order chi connectivity index (χ1) is 8.83. The Kier molecular flexibility index (Phi) is 2.94. The van der Waals surface area contributed by atoms with Gasteiger partial charge in [-0.15, -0.1) is 0 Å². The second-order valence-electron chi connectivity index (χ2n) is 4.15. The summed E-state index contributed by atoms with van der Waals surface area (Å²) in [5.74, 6) is 0. The third kappa shape index (κ3) is 2.19. The second kappa shape index (κ2) is 4.74. The maximum atomic E-state index is 4.47. The van der Waals surface area contributed by atoms with Crippen LogP contribution in [0, 0.1) is 6.92 Å². The van der Waals surface area contributed by atoms with E-state index in [-0.39, 0.29) is 0 Å². The highest BCUT2D eigenvalue weighted by atomic mass is 32.1. The molecule has 0 saturated heterocycles. The number of pyridine rings is 1. The molecule has 0 radical (unpaired) electrons. The van der Waals surface area contributed by atoms with Crippen molar-refractivity contribution in [3.63, 3.8) is 0 Å². The Morgan fingerprint density at radius 1 is 1.11 bits per heavy atom. The Balaban J connectivity index is 1.81. The van der Waals surface area contributed by atoms with Crippen LogP contribution >= 0.6 is 11.5 Å². The third-order valence-electron chi connectivity index (χ3n) is 2.76. The number of aryl methyl sites for hydroxylation is 1. The van der Waals surface area contributed by atoms with Gasteiger partial charge in [0.15, 0.2) is 0 Å². The molecule has 0 bridgehead atoms. The minimum atomic E-state index is 0.730. The highest BCUT2D eigenvalue weighted by Gasteiger charge is 2.04. The highest BCUT2D eigenvalue weighted by molar-refractivity contribution is 7.11. The minimum Gasteiger partial charge on any atom is -0.370 e. The average Bonchev–Trinajstić information content (AvgIpc) is 2.80. The Bertz CT molecular complexity index is 675. The van der Waals surface area contributed by atoms with E-state index in [0.717, 1.165) is 28.5 Å². The van der Waals surface area contributed by atoms with Crippen LogP contribution in [0.5, 0.6) is 0 Å². The highest BCUT2D eigenvalue weighted by Crippen LogP contribution is 2.27. The zero-order valence-corrected chi connectivity index (χ0v) is 10.9. The number of anilines is 1. The number of nitrogens with one attached hydrogen (secondary N) is 1. The first kappa shape index (κ1) is 11.2. The van der Waals surface area contributed by atoms with Crippen LogP contribution in [0.1, 0.15) is 11.4 Å². The molecule has 1 N–H and O–H groups in total. The van der Waals surface area contributed by atoms with Crippen LogP contribution in [0.15, 0.2) is 42.5 Å². The van der Waals surface area contributed by atoms with E-state index in [1.165, 1.54) is 16.9 Å². The molecule has 0 unspecified atom stereocenters. The molecule has 90 valence electrons. The molecule has 1 aromatic carbocycles. The van der Waals surface area contributed by atoms with Gasteiger partial charge in [0.05, 0.1) is 17.8 Å². The predicted molar refractivity (Wildman–Crippen MR) is 75.9 cm³/mol. The Morgan fingerprint density at radius 2 is 2.00 bits per heavy atom. The molecular weight excluding hydrogens is 242 g/mol. The van der Waals surface area contributed by atoms with Crippen LogP contribution in [-0.2, 0) is 6.54 Å². The molecule has 0 aliphatic heterocycles. The minimum absolute atomic E-state index is 0.730. The van der Waals surface area contributed by atoms with E-state index in [1.54, 1.807) is 0 Å². The average molecular weight is 255 g/mol. The zero-order valence-electron chi connectivity index (χ0n) is 10.1. The van der Waals surface area contributed by atoms with Gasteiger partial charge in [-0.3, -0.25) is 4.98 Å². The summed E-state index contributed by atoms with van der Waals surface area (Å²) >= 11 is 1.50. The fraction of sp³-hybridized carbons (Fsp3) is 0.143. The summed E-state index contributed by atoms with van der Waals surface area (Å²) in [6.07, 6.45) is 0. The summed E-state index contributed by atoms with van der Waals surface area (Å²) in [5, 5.41) is 5.69. The van der Waals surface area contributed by atoms with Gasteiger partial charge in [0.1, 0.15) is 5.00 Å². The first-order valence-electron chi connectivity index (χ1n) is 5.84. The molecule has 2 heterocycles. The third-order valence-corrected chi connectivity index (χ3v) is 3.59. The maximum Gasteiger partial charge on any atom is 0.117 e. The van der Waals surface area contributed by atoms with E-state index in [1.807, 2.05) is 43.3 Å². The van der Waals surface area contributed by atoms with Gasteiger partial charge >= 0.3 is 0 Å². The van der Waals surface area contributed by atoms with E-state index in [9.17, 15) is 0 Å². The lowest BCUT2D eigenvalue weighted by molar-refractivity contribution is 1.02. The fourth-order valence-corrected chi connectivity index (χ4v) is 2.64. The number of benzene rings is 1. The molecule has 0 spiro atoms. The Morgan fingerprint density at radius 3 is 2.89 bits per heavy atom. The monoisotopic (exact) mass is 255 g/mol. The van der Waals surface area contributed by atoms with E-state index in [0.29, 0.717) is 0 Å². The van der Waals surface area contributed by atoms with E-state index < -0.39 is 0 Å². The number of nitrogens with zero attached hydrogens (tertiary/aromatic N) is 2. The summed E-state index contributed by atoms with van der Waals surface area (Å²) in [6.45, 7) is 2.74. The lowest BCUT2D eigenvalue weighted by Gasteiger charge is -2.04. The van der Waals surface area contributed by atoms with Crippen molar-refractivity contribution in [2.75, 3.05) is 5.32 Å². The molecule has 4 heteroatoms. The van der Waals surface area contributed by atoms with Gasteiger partial charge in [0, 0.05) is 11.1 Å². The second-order valence-corrected chi connectivity index (χ2v) is 4.93. The number of rotatable bonds is 3. The molecule has 0 amide bonds. The van der Waals surface area contributed by atoms with Crippen molar-refractivity contribution >= 4 is 27.4 Å². The van der Waals surface area contributed by atoms with Crippen LogP contribution in [0.25, 0.3) is 10.9 Å². The number of hydrogen-bond donors (Lipinski definition) is 1.